The van der Waals surface area contributed by atoms with E-state index in [2.05, 4.69) is 36.5 Å². The van der Waals surface area contributed by atoms with Gasteiger partial charge in [-0.2, -0.15) is 0 Å². The van der Waals surface area contributed by atoms with E-state index < -0.39 is 0 Å². The van der Waals surface area contributed by atoms with E-state index in [1.807, 2.05) is 18.4 Å². The maximum Gasteiger partial charge on any atom is 0.124 e. The van der Waals surface area contributed by atoms with Gasteiger partial charge in [-0.15, -0.1) is 11.3 Å². The van der Waals surface area contributed by atoms with Crippen molar-refractivity contribution in [1.82, 2.24) is 10.3 Å². The summed E-state index contributed by atoms with van der Waals surface area (Å²) in [5.74, 6) is 0. The summed E-state index contributed by atoms with van der Waals surface area (Å²) in [4.78, 5) is 6.30. The van der Waals surface area contributed by atoms with E-state index in [1.165, 1.54) is 39.5 Å². The quantitative estimate of drug-likeness (QED) is 0.888. The highest BCUT2D eigenvalue weighted by Gasteiger charge is 2.23. The Balaban J connectivity index is 2.05. The number of fused-ring (bicyclic) bond motifs is 1. The lowest BCUT2D eigenvalue weighted by atomic mass is 9.98. The third-order valence-electron chi connectivity index (χ3n) is 3.67. The normalized spacial score (nSPS) is 18.7. The van der Waals surface area contributed by atoms with Crippen molar-refractivity contribution in [3.63, 3.8) is 0 Å². The second kappa shape index (κ2) is 4.82. The molecular weight excluding hydrogens is 240 g/mol. The predicted molar refractivity (Wildman–Crippen MR) is 77.0 cm³/mol. The second-order valence-electron chi connectivity index (χ2n) is 4.88. The van der Waals surface area contributed by atoms with Gasteiger partial charge in [0.25, 0.3) is 0 Å². The minimum Gasteiger partial charge on any atom is -0.312 e. The van der Waals surface area contributed by atoms with E-state index in [1.54, 1.807) is 0 Å². The van der Waals surface area contributed by atoms with Gasteiger partial charge >= 0.3 is 0 Å². The number of nitrogens with zero attached hydrogens (tertiary/aromatic N) is 1. The van der Waals surface area contributed by atoms with Crippen molar-refractivity contribution in [2.24, 2.45) is 0 Å². The van der Waals surface area contributed by atoms with Gasteiger partial charge in [-0.25, -0.2) is 4.98 Å². The van der Waals surface area contributed by atoms with Gasteiger partial charge in [0.05, 0.1) is 5.69 Å². The molecule has 1 heterocycles. The average Bonchev–Trinajstić information content (AvgIpc) is 2.82. The van der Waals surface area contributed by atoms with E-state index in [9.17, 15) is 0 Å². The molecule has 2 aromatic rings. The molecule has 3 heteroatoms. The van der Waals surface area contributed by atoms with Crippen LogP contribution in [0.4, 0.5) is 0 Å². The molecule has 0 radical (unpaired) electrons. The fourth-order valence-corrected chi connectivity index (χ4v) is 3.97. The topological polar surface area (TPSA) is 24.9 Å². The molecule has 0 bridgehead atoms. The number of hydrogen-bond donors (Lipinski definition) is 1. The Morgan fingerprint density at radius 3 is 2.94 bits per heavy atom. The standard InChI is InChI=1S/C15H18N2S/c1-10-6-3-4-7-11(10)15-17-13-9-5-8-12(16-2)14(13)18-15/h3-4,6-7,12,16H,5,8-9H2,1-2H3. The summed E-state index contributed by atoms with van der Waals surface area (Å²) in [6.45, 7) is 2.16. The molecular formula is C15H18N2S. The number of nitrogens with one attached hydrogen (secondary N) is 1. The van der Waals surface area contributed by atoms with Crippen LogP contribution < -0.4 is 5.32 Å². The largest absolute Gasteiger partial charge is 0.312 e. The molecule has 1 atom stereocenters. The molecule has 0 saturated carbocycles. The van der Waals surface area contributed by atoms with Crippen molar-refractivity contribution in [3.05, 3.63) is 40.4 Å². The minimum atomic E-state index is 0.504. The molecule has 1 aliphatic carbocycles. The number of aryl methyl sites for hydroxylation is 2. The molecule has 0 fully saturated rings. The predicted octanol–water partition coefficient (Wildman–Crippen LogP) is 3.72. The molecule has 94 valence electrons. The van der Waals surface area contributed by atoms with Crippen molar-refractivity contribution in [2.45, 2.75) is 32.2 Å². The Morgan fingerprint density at radius 1 is 1.33 bits per heavy atom. The molecule has 1 unspecified atom stereocenters. The molecule has 2 nitrogen and oxygen atoms in total. The van der Waals surface area contributed by atoms with Gasteiger partial charge in [-0.3, -0.25) is 0 Å². The van der Waals surface area contributed by atoms with Gasteiger partial charge in [-0.05, 0) is 38.8 Å². The molecule has 0 saturated heterocycles. The summed E-state index contributed by atoms with van der Waals surface area (Å²) < 4.78 is 0. The van der Waals surface area contributed by atoms with Crippen LogP contribution in [0.2, 0.25) is 0 Å². The third-order valence-corrected chi connectivity index (χ3v) is 4.92. The lowest BCUT2D eigenvalue weighted by molar-refractivity contribution is 0.501. The fourth-order valence-electron chi connectivity index (χ4n) is 2.62. The molecule has 3 rings (SSSR count). The molecule has 18 heavy (non-hydrogen) atoms. The van der Waals surface area contributed by atoms with Gasteiger partial charge in [0.15, 0.2) is 0 Å². The highest BCUT2D eigenvalue weighted by molar-refractivity contribution is 7.15. The first kappa shape index (κ1) is 11.9. The van der Waals surface area contributed by atoms with Gasteiger partial charge in [0.1, 0.15) is 5.01 Å². The second-order valence-corrected chi connectivity index (χ2v) is 5.91. The summed E-state index contributed by atoms with van der Waals surface area (Å²) in [7, 11) is 2.05. The monoisotopic (exact) mass is 258 g/mol. The Kier molecular flexibility index (Phi) is 3.18. The highest BCUT2D eigenvalue weighted by atomic mass is 32.1. The van der Waals surface area contributed by atoms with Crippen LogP contribution in [0.3, 0.4) is 0 Å². The summed E-state index contributed by atoms with van der Waals surface area (Å²) in [5.41, 5.74) is 3.90. The number of thiazole rings is 1. The summed E-state index contributed by atoms with van der Waals surface area (Å²) in [6, 6.07) is 9.02. The van der Waals surface area contributed by atoms with Crippen molar-refractivity contribution in [3.8, 4) is 10.6 Å². The molecule has 1 aliphatic rings. The number of rotatable bonds is 2. The third kappa shape index (κ3) is 1.98. The zero-order chi connectivity index (χ0) is 12.5. The molecule has 0 spiro atoms. The van der Waals surface area contributed by atoms with E-state index in [4.69, 9.17) is 4.98 Å². The Hall–Kier alpha value is -1.19. The van der Waals surface area contributed by atoms with Crippen molar-refractivity contribution in [2.75, 3.05) is 7.05 Å². The zero-order valence-electron chi connectivity index (χ0n) is 10.9. The minimum absolute atomic E-state index is 0.504. The van der Waals surface area contributed by atoms with E-state index in [-0.39, 0.29) is 0 Å². The lowest BCUT2D eigenvalue weighted by Gasteiger charge is -2.19. The van der Waals surface area contributed by atoms with E-state index in [0.717, 1.165) is 6.42 Å². The maximum atomic E-state index is 4.86. The summed E-state index contributed by atoms with van der Waals surface area (Å²) in [6.07, 6.45) is 3.62. The van der Waals surface area contributed by atoms with Crippen LogP contribution in [0, 0.1) is 6.92 Å². The lowest BCUT2D eigenvalue weighted by Crippen LogP contribution is -2.19. The Bertz CT molecular complexity index is 559. The van der Waals surface area contributed by atoms with Crippen molar-refractivity contribution >= 4 is 11.3 Å². The number of hydrogen-bond acceptors (Lipinski definition) is 3. The summed E-state index contributed by atoms with van der Waals surface area (Å²) >= 11 is 1.86. The van der Waals surface area contributed by atoms with Gasteiger partial charge in [-0.1, -0.05) is 24.3 Å². The van der Waals surface area contributed by atoms with Crippen LogP contribution in [-0.2, 0) is 6.42 Å². The Morgan fingerprint density at radius 2 is 2.17 bits per heavy atom. The molecule has 1 aromatic heterocycles. The summed E-state index contributed by atoms with van der Waals surface area (Å²) in [5, 5.41) is 4.59. The molecule has 1 N–H and O–H groups in total. The van der Waals surface area contributed by atoms with Gasteiger partial charge < -0.3 is 5.32 Å². The smallest absolute Gasteiger partial charge is 0.124 e. The first-order chi connectivity index (χ1) is 8.79. The van der Waals surface area contributed by atoms with E-state index >= 15 is 0 Å². The van der Waals surface area contributed by atoms with Crippen LogP contribution >= 0.6 is 11.3 Å². The van der Waals surface area contributed by atoms with Crippen LogP contribution in [-0.4, -0.2) is 12.0 Å². The van der Waals surface area contributed by atoms with Crippen molar-refractivity contribution in [1.29, 1.82) is 0 Å². The van der Waals surface area contributed by atoms with Gasteiger partial charge in [0.2, 0.25) is 0 Å². The van der Waals surface area contributed by atoms with Crippen LogP contribution in [0.1, 0.15) is 35.0 Å². The average molecular weight is 258 g/mol. The number of aromatic nitrogens is 1. The van der Waals surface area contributed by atoms with Crippen LogP contribution in [0.25, 0.3) is 10.6 Å². The first-order valence-electron chi connectivity index (χ1n) is 6.52. The van der Waals surface area contributed by atoms with E-state index in [0.29, 0.717) is 6.04 Å². The number of benzene rings is 1. The fraction of sp³-hybridized carbons (Fsp3) is 0.400. The molecule has 0 aliphatic heterocycles. The van der Waals surface area contributed by atoms with Crippen LogP contribution in [0.15, 0.2) is 24.3 Å². The maximum absolute atomic E-state index is 4.86. The zero-order valence-corrected chi connectivity index (χ0v) is 11.7. The highest BCUT2D eigenvalue weighted by Crippen LogP contribution is 2.38. The molecule has 0 amide bonds. The Labute approximate surface area is 112 Å². The molecule has 1 aromatic carbocycles. The first-order valence-corrected chi connectivity index (χ1v) is 7.34. The SMILES string of the molecule is CNC1CCCc2nc(-c3ccccc3C)sc21. The van der Waals surface area contributed by atoms with Crippen LogP contribution in [0.5, 0.6) is 0 Å². The van der Waals surface area contributed by atoms with Gasteiger partial charge in [0, 0.05) is 16.5 Å². The van der Waals surface area contributed by atoms with Crippen molar-refractivity contribution < 1.29 is 0 Å².